The molecule has 0 aliphatic heterocycles. The van der Waals surface area contributed by atoms with Crippen LogP contribution >= 0.6 is 15.6 Å². The number of aliphatic hydroxyl groups is 1. The highest BCUT2D eigenvalue weighted by atomic mass is 31.2. The first-order valence-electron chi connectivity index (χ1n) is 38.7. The summed E-state index contributed by atoms with van der Waals surface area (Å²) in [5.74, 6) is -2.35. The Morgan fingerprint density at radius 1 is 0.284 bits per heavy atom. The van der Waals surface area contributed by atoms with E-state index in [0.29, 0.717) is 38.5 Å². The summed E-state index contributed by atoms with van der Waals surface area (Å²) in [6, 6.07) is 0. The van der Waals surface area contributed by atoms with Gasteiger partial charge in [0.2, 0.25) is 0 Å². The van der Waals surface area contributed by atoms with Gasteiger partial charge in [0.05, 0.1) is 26.4 Å². The van der Waals surface area contributed by atoms with Crippen LogP contribution < -0.4 is 0 Å². The number of esters is 4. The Morgan fingerprint density at radius 3 is 0.882 bits per heavy atom. The molecule has 17 nitrogen and oxygen atoms in total. The number of carbonyl (C=O) groups is 4. The summed E-state index contributed by atoms with van der Waals surface area (Å²) in [5, 5.41) is 10.6. The largest absolute Gasteiger partial charge is 0.472 e. The number of ether oxygens (including phenoxy) is 4. The predicted molar refractivity (Wildman–Crippen MR) is 417 cm³/mol. The molecule has 580 valence electrons. The van der Waals surface area contributed by atoms with Crippen LogP contribution in [0.4, 0.5) is 0 Å². The molecule has 0 aromatic heterocycles. The first kappa shape index (κ1) is 96.7. The van der Waals surface area contributed by atoms with Crippen molar-refractivity contribution in [2.24, 2.45) is 0 Å². The molecule has 0 fully saturated rings. The molecule has 0 bridgehead atoms. The number of carbonyl (C=O) groups excluding carboxylic acids is 4. The van der Waals surface area contributed by atoms with Crippen molar-refractivity contribution in [2.45, 2.75) is 303 Å². The highest BCUT2D eigenvalue weighted by Crippen LogP contribution is 2.45. The van der Waals surface area contributed by atoms with Crippen LogP contribution in [-0.2, 0) is 65.4 Å². The van der Waals surface area contributed by atoms with Gasteiger partial charge >= 0.3 is 39.5 Å². The van der Waals surface area contributed by atoms with E-state index in [1.807, 2.05) is 24.3 Å². The molecule has 0 radical (unpaired) electrons. The van der Waals surface area contributed by atoms with E-state index in [0.717, 1.165) is 154 Å². The summed E-state index contributed by atoms with van der Waals surface area (Å²) in [5.41, 5.74) is 0. The van der Waals surface area contributed by atoms with E-state index in [2.05, 4.69) is 161 Å². The van der Waals surface area contributed by atoms with Gasteiger partial charge in [0.15, 0.2) is 12.2 Å². The van der Waals surface area contributed by atoms with Crippen LogP contribution in [0.25, 0.3) is 0 Å². The second-order valence-corrected chi connectivity index (χ2v) is 28.1. The maximum absolute atomic E-state index is 13.1. The minimum atomic E-state index is -5.01. The minimum Gasteiger partial charge on any atom is -0.462 e. The van der Waals surface area contributed by atoms with Crippen molar-refractivity contribution < 1.29 is 80.2 Å². The lowest BCUT2D eigenvalue weighted by atomic mass is 10.1. The summed E-state index contributed by atoms with van der Waals surface area (Å²) in [4.78, 5) is 72.9. The molecule has 102 heavy (non-hydrogen) atoms. The molecule has 5 atom stereocenters. The van der Waals surface area contributed by atoms with Crippen molar-refractivity contribution >= 4 is 39.5 Å². The number of hydrogen-bond acceptors (Lipinski definition) is 15. The fraction of sp³-hybridized carbons (Fsp3) is 0.639. The SMILES string of the molecule is CC/C=C\C/C=C\C/C=C\C/C=C\C/C=C\CCCC(=O)OCC(COP(=O)(O)OCC(O)COP(=O)(O)OCC(COC(=O)CCCCCCC/C=C\CCCCCCCC)OC(=O)CCCCCCC/C=C\C/C=C\CCC)OC(=O)CCC/C=C\C/C=C\C/C=C\C/C=C\C/C=C\CC. The summed E-state index contributed by atoms with van der Waals surface area (Å²) in [6.45, 7) is 4.40. The van der Waals surface area contributed by atoms with Crippen LogP contribution in [0.15, 0.2) is 158 Å². The van der Waals surface area contributed by atoms with E-state index in [4.69, 9.17) is 37.0 Å². The molecule has 0 rings (SSSR count). The van der Waals surface area contributed by atoms with Crippen LogP contribution in [0.1, 0.15) is 285 Å². The molecule has 0 saturated heterocycles. The van der Waals surface area contributed by atoms with Crippen LogP contribution in [0, 0.1) is 0 Å². The van der Waals surface area contributed by atoms with Gasteiger partial charge in [-0.05, 0) is 154 Å². The molecular formula is C83H136O17P2. The maximum Gasteiger partial charge on any atom is 0.472 e. The van der Waals surface area contributed by atoms with Crippen molar-refractivity contribution in [3.63, 3.8) is 0 Å². The van der Waals surface area contributed by atoms with Gasteiger partial charge in [-0.3, -0.25) is 37.3 Å². The van der Waals surface area contributed by atoms with E-state index in [1.54, 1.807) is 0 Å². The second kappa shape index (κ2) is 74.0. The molecule has 0 amide bonds. The third kappa shape index (κ3) is 73.0. The summed E-state index contributed by atoms with van der Waals surface area (Å²) >= 11 is 0. The monoisotopic (exact) mass is 1470 g/mol. The van der Waals surface area contributed by atoms with Gasteiger partial charge < -0.3 is 33.8 Å². The van der Waals surface area contributed by atoms with E-state index in [9.17, 15) is 43.2 Å². The first-order valence-corrected chi connectivity index (χ1v) is 41.7. The number of rotatable bonds is 71. The van der Waals surface area contributed by atoms with Gasteiger partial charge in [-0.2, -0.15) is 0 Å². The van der Waals surface area contributed by atoms with Gasteiger partial charge in [0.1, 0.15) is 19.3 Å². The number of aliphatic hydroxyl groups excluding tert-OH is 1. The summed E-state index contributed by atoms with van der Waals surface area (Å²) in [6.07, 6.45) is 85.3. The Morgan fingerprint density at radius 2 is 0.539 bits per heavy atom. The fourth-order valence-corrected chi connectivity index (χ4v) is 11.2. The second-order valence-electron chi connectivity index (χ2n) is 25.2. The minimum absolute atomic E-state index is 0.00160. The lowest BCUT2D eigenvalue weighted by Gasteiger charge is -2.21. The third-order valence-electron chi connectivity index (χ3n) is 15.4. The van der Waals surface area contributed by atoms with E-state index < -0.39 is 97.5 Å². The Balaban J connectivity index is 5.49. The summed E-state index contributed by atoms with van der Waals surface area (Å²) in [7, 11) is -10.0. The van der Waals surface area contributed by atoms with E-state index in [-0.39, 0.29) is 25.7 Å². The highest BCUT2D eigenvalue weighted by molar-refractivity contribution is 7.47. The van der Waals surface area contributed by atoms with Gasteiger partial charge in [0.25, 0.3) is 0 Å². The van der Waals surface area contributed by atoms with Crippen molar-refractivity contribution in [2.75, 3.05) is 39.6 Å². The Bertz CT molecular complexity index is 2550. The number of allylic oxidation sites excluding steroid dienone is 26. The number of hydrogen-bond donors (Lipinski definition) is 3. The molecule has 19 heteroatoms. The summed E-state index contributed by atoms with van der Waals surface area (Å²) < 4.78 is 68.4. The van der Waals surface area contributed by atoms with Gasteiger partial charge in [-0.25, -0.2) is 9.13 Å². The molecule has 0 aromatic rings. The molecule has 0 heterocycles. The van der Waals surface area contributed by atoms with E-state index in [1.165, 1.54) is 38.5 Å². The zero-order valence-electron chi connectivity index (χ0n) is 63.2. The first-order chi connectivity index (χ1) is 49.7. The van der Waals surface area contributed by atoms with Crippen molar-refractivity contribution in [1.82, 2.24) is 0 Å². The quantitative estimate of drug-likeness (QED) is 0.0169. The lowest BCUT2D eigenvalue weighted by Crippen LogP contribution is -2.30. The van der Waals surface area contributed by atoms with Crippen LogP contribution in [0.5, 0.6) is 0 Å². The van der Waals surface area contributed by atoms with Crippen LogP contribution in [0.2, 0.25) is 0 Å². The zero-order valence-corrected chi connectivity index (χ0v) is 65.0. The fourth-order valence-electron chi connectivity index (χ4n) is 9.62. The average molecular weight is 1470 g/mol. The predicted octanol–water partition coefficient (Wildman–Crippen LogP) is 22.4. The zero-order chi connectivity index (χ0) is 74.6. The smallest absolute Gasteiger partial charge is 0.462 e. The molecule has 3 N–H and O–H groups in total. The topological polar surface area (TPSA) is 237 Å². The van der Waals surface area contributed by atoms with Crippen molar-refractivity contribution in [1.29, 1.82) is 0 Å². The Labute approximate surface area is 617 Å². The molecular weight excluding hydrogens is 1330 g/mol. The molecule has 0 saturated carbocycles. The van der Waals surface area contributed by atoms with Gasteiger partial charge in [0, 0.05) is 25.7 Å². The number of unbranched alkanes of at least 4 members (excludes halogenated alkanes) is 19. The number of phosphoric acid groups is 2. The van der Waals surface area contributed by atoms with Crippen molar-refractivity contribution in [3.05, 3.63) is 158 Å². The maximum atomic E-state index is 13.1. The highest BCUT2D eigenvalue weighted by Gasteiger charge is 2.30. The van der Waals surface area contributed by atoms with Crippen LogP contribution in [-0.4, -0.2) is 96.7 Å². The third-order valence-corrected chi connectivity index (χ3v) is 17.3. The lowest BCUT2D eigenvalue weighted by molar-refractivity contribution is -0.161. The van der Waals surface area contributed by atoms with Crippen LogP contribution in [0.3, 0.4) is 0 Å². The molecule has 0 aliphatic rings. The normalized spacial score (nSPS) is 14.8. The molecule has 0 aliphatic carbocycles. The Kier molecular flexibility index (Phi) is 70.1. The molecule has 0 aromatic carbocycles. The van der Waals surface area contributed by atoms with Gasteiger partial charge in [-0.15, -0.1) is 0 Å². The molecule has 5 unspecified atom stereocenters. The van der Waals surface area contributed by atoms with Crippen molar-refractivity contribution in [3.8, 4) is 0 Å². The number of phosphoric ester groups is 2. The Hall–Kier alpha value is -5.32. The standard InChI is InChI=1S/C83H136O17P2/c1-5-9-13-17-21-25-29-33-36-38-41-45-48-52-56-60-64-68-81(86)94-74-79(100-83(88)70-66-62-58-54-50-46-42-39-37-34-30-26-22-18-14-10-6-2)76-98-102(91,92)96-72-77(84)71-95-101(89,90)97-75-78(99-82(87)69-65-61-57-53-49-43-32-28-24-20-16-12-8-4)73-93-80(85)67-63-59-55-51-47-44-40-35-31-27-23-19-15-11-7-3/h9-10,13-14,16,20-22,25-26,28,32-37,40-42,45-46,52,54,56,58,77-79,84H,5-8,11-12,15,17-19,23-24,27,29-31,38-39,43-44,47-51,53,55,57,59-76H2,1-4H3,(H,89,90)(H,91,92)/b13-9-,14-10-,20-16-,25-21-,26-22-,32-28-,36-33-,37-34-,40-35-,45-41-,46-42-,56-52-,58-54-. The van der Waals surface area contributed by atoms with Gasteiger partial charge in [-0.1, -0.05) is 263 Å². The molecule has 0 spiro atoms. The average Bonchev–Trinajstić information content (AvgIpc) is 0.959. The van der Waals surface area contributed by atoms with E-state index >= 15 is 0 Å².